The zero-order valence-corrected chi connectivity index (χ0v) is 9.23. The Kier molecular flexibility index (Phi) is 1.89. The van der Waals surface area contributed by atoms with Crippen LogP contribution in [0.1, 0.15) is 12.8 Å². The Balaban J connectivity index is 1.60. The molecule has 4 nitrogen and oxygen atoms in total. The molecule has 2 aliphatic carbocycles. The maximum Gasteiger partial charge on any atom is 0.249 e. The van der Waals surface area contributed by atoms with Crippen molar-refractivity contribution in [2.45, 2.75) is 12.8 Å². The molecule has 1 amide bonds. The Morgan fingerprint density at radius 3 is 2.40 bits per heavy atom. The van der Waals surface area contributed by atoms with E-state index in [0.717, 1.165) is 13.2 Å². The van der Waals surface area contributed by atoms with Crippen LogP contribution in [0.4, 0.5) is 0 Å². The van der Waals surface area contributed by atoms with Gasteiger partial charge in [0.25, 0.3) is 0 Å². The fourth-order valence-corrected chi connectivity index (χ4v) is 3.38. The number of carbonyl (C=O) groups is 1. The van der Waals surface area contributed by atoms with Crippen molar-refractivity contribution in [1.29, 1.82) is 0 Å². The third-order valence-electron chi connectivity index (χ3n) is 4.35. The van der Waals surface area contributed by atoms with Crippen molar-refractivity contribution in [3.05, 3.63) is 0 Å². The van der Waals surface area contributed by atoms with Crippen LogP contribution < -0.4 is 0 Å². The molecule has 4 heteroatoms. The number of ether oxygens (including phenoxy) is 1. The van der Waals surface area contributed by atoms with Crippen LogP contribution in [-0.4, -0.2) is 38.3 Å². The van der Waals surface area contributed by atoms with E-state index in [4.69, 9.17) is 9.57 Å². The number of hydroxylamine groups is 2. The lowest BCUT2D eigenvalue weighted by atomic mass is 9.80. The first kappa shape index (κ1) is 9.60. The molecule has 0 radical (unpaired) electrons. The Morgan fingerprint density at radius 1 is 1.40 bits per heavy atom. The largest absolute Gasteiger partial charge is 0.380 e. The van der Waals surface area contributed by atoms with Crippen LogP contribution in [0, 0.1) is 23.2 Å². The predicted octanol–water partition coefficient (Wildman–Crippen LogP) is 0.679. The van der Waals surface area contributed by atoms with Crippen molar-refractivity contribution in [2.24, 2.45) is 23.2 Å². The van der Waals surface area contributed by atoms with Crippen LogP contribution in [0.5, 0.6) is 0 Å². The van der Waals surface area contributed by atoms with E-state index >= 15 is 0 Å². The molecule has 1 spiro atoms. The predicted molar refractivity (Wildman–Crippen MR) is 52.7 cm³/mol. The summed E-state index contributed by atoms with van der Waals surface area (Å²) in [6, 6.07) is 0. The van der Waals surface area contributed by atoms with Gasteiger partial charge in [0, 0.05) is 18.4 Å². The van der Waals surface area contributed by atoms with Crippen LogP contribution in [0.15, 0.2) is 0 Å². The van der Waals surface area contributed by atoms with Crippen LogP contribution in [0.2, 0.25) is 0 Å². The smallest absolute Gasteiger partial charge is 0.249 e. The number of rotatable bonds is 2. The number of hydrogen-bond acceptors (Lipinski definition) is 3. The van der Waals surface area contributed by atoms with Gasteiger partial charge in [0.2, 0.25) is 5.91 Å². The molecule has 1 saturated heterocycles. The first-order valence-electron chi connectivity index (χ1n) is 5.56. The van der Waals surface area contributed by atoms with E-state index < -0.39 is 0 Å². The Morgan fingerprint density at radius 2 is 2.00 bits per heavy atom. The average molecular weight is 211 g/mol. The summed E-state index contributed by atoms with van der Waals surface area (Å²) in [4.78, 5) is 16.8. The van der Waals surface area contributed by atoms with E-state index in [1.54, 1.807) is 7.05 Å². The maximum absolute atomic E-state index is 11.8. The van der Waals surface area contributed by atoms with Crippen LogP contribution in [0.25, 0.3) is 0 Å². The molecule has 3 aliphatic rings. The highest BCUT2D eigenvalue weighted by molar-refractivity contribution is 5.81. The molecule has 3 fully saturated rings. The fraction of sp³-hybridized carbons (Fsp3) is 0.909. The third kappa shape index (κ3) is 1.24. The number of hydrogen-bond donors (Lipinski definition) is 0. The fourth-order valence-electron chi connectivity index (χ4n) is 3.38. The molecule has 0 aromatic rings. The standard InChI is InChI=1S/C11H17NO3/c1-12(14-2)10(13)9-7-3-11(4-8(7)9)5-15-6-11/h7-9H,3-6H2,1-2H3/t7-,8+,9?. The number of carbonyl (C=O) groups excluding carboxylic acids is 1. The highest BCUT2D eigenvalue weighted by Gasteiger charge is 2.66. The number of nitrogens with zero attached hydrogens (tertiary/aromatic N) is 1. The maximum atomic E-state index is 11.8. The molecule has 0 aromatic carbocycles. The molecule has 1 unspecified atom stereocenters. The summed E-state index contributed by atoms with van der Waals surface area (Å²) in [5.74, 6) is 1.61. The van der Waals surface area contributed by atoms with E-state index in [1.807, 2.05) is 0 Å². The second kappa shape index (κ2) is 2.95. The summed E-state index contributed by atoms with van der Waals surface area (Å²) in [6.45, 7) is 1.84. The zero-order chi connectivity index (χ0) is 10.6. The van der Waals surface area contributed by atoms with Gasteiger partial charge in [-0.2, -0.15) is 0 Å². The second-order valence-electron chi connectivity index (χ2n) is 5.27. The van der Waals surface area contributed by atoms with Gasteiger partial charge in [-0.1, -0.05) is 0 Å². The van der Waals surface area contributed by atoms with Gasteiger partial charge in [-0.3, -0.25) is 9.63 Å². The number of amides is 1. The van der Waals surface area contributed by atoms with Gasteiger partial charge in [-0.15, -0.1) is 0 Å². The monoisotopic (exact) mass is 211 g/mol. The van der Waals surface area contributed by atoms with E-state index in [9.17, 15) is 4.79 Å². The van der Waals surface area contributed by atoms with Crippen molar-refractivity contribution in [1.82, 2.24) is 5.06 Å². The molecule has 3 atom stereocenters. The summed E-state index contributed by atoms with van der Waals surface area (Å²) in [6.07, 6.45) is 2.37. The molecule has 2 saturated carbocycles. The van der Waals surface area contributed by atoms with E-state index in [1.165, 1.54) is 25.0 Å². The molecule has 0 N–H and O–H groups in total. The molecule has 1 heterocycles. The lowest BCUT2D eigenvalue weighted by Crippen LogP contribution is -2.42. The van der Waals surface area contributed by atoms with Crippen LogP contribution >= 0.6 is 0 Å². The van der Waals surface area contributed by atoms with Gasteiger partial charge in [-0.05, 0) is 24.7 Å². The van der Waals surface area contributed by atoms with Crippen LogP contribution in [0.3, 0.4) is 0 Å². The summed E-state index contributed by atoms with van der Waals surface area (Å²) < 4.78 is 5.27. The highest BCUT2D eigenvalue weighted by atomic mass is 16.7. The SMILES string of the molecule is CON(C)C(=O)C1[C@H]2CC3(COC3)C[C@@H]12. The van der Waals surface area contributed by atoms with Gasteiger partial charge < -0.3 is 4.74 Å². The third-order valence-corrected chi connectivity index (χ3v) is 4.35. The van der Waals surface area contributed by atoms with Gasteiger partial charge in [0.15, 0.2) is 0 Å². The first-order chi connectivity index (χ1) is 7.17. The average Bonchev–Trinajstić information content (AvgIpc) is 2.69. The lowest BCUT2D eigenvalue weighted by Gasteiger charge is -2.40. The highest BCUT2D eigenvalue weighted by Crippen LogP contribution is 2.66. The molecule has 0 aromatic heterocycles. The minimum absolute atomic E-state index is 0.155. The Labute approximate surface area is 89.5 Å². The molecular formula is C11H17NO3. The normalized spacial score (nSPS) is 39.7. The lowest BCUT2D eigenvalue weighted by molar-refractivity contribution is -0.172. The molecule has 84 valence electrons. The van der Waals surface area contributed by atoms with E-state index in [0.29, 0.717) is 17.3 Å². The molecule has 15 heavy (non-hydrogen) atoms. The van der Waals surface area contributed by atoms with Gasteiger partial charge in [0.1, 0.15) is 0 Å². The zero-order valence-electron chi connectivity index (χ0n) is 9.23. The second-order valence-corrected chi connectivity index (χ2v) is 5.27. The van der Waals surface area contributed by atoms with Gasteiger partial charge >= 0.3 is 0 Å². The van der Waals surface area contributed by atoms with E-state index in [-0.39, 0.29) is 11.8 Å². The van der Waals surface area contributed by atoms with Gasteiger partial charge in [0.05, 0.1) is 20.3 Å². The van der Waals surface area contributed by atoms with E-state index in [2.05, 4.69) is 0 Å². The summed E-state index contributed by atoms with van der Waals surface area (Å²) in [5, 5.41) is 1.37. The molecular weight excluding hydrogens is 194 g/mol. The minimum Gasteiger partial charge on any atom is -0.380 e. The van der Waals surface area contributed by atoms with Gasteiger partial charge in [-0.25, -0.2) is 5.06 Å². The Hall–Kier alpha value is -0.610. The first-order valence-corrected chi connectivity index (χ1v) is 5.56. The summed E-state index contributed by atoms with van der Waals surface area (Å²) >= 11 is 0. The van der Waals surface area contributed by atoms with Crippen molar-refractivity contribution in [3.8, 4) is 0 Å². The van der Waals surface area contributed by atoms with Crippen molar-refractivity contribution >= 4 is 5.91 Å². The quantitative estimate of drug-likeness (QED) is 0.630. The summed E-state index contributed by atoms with van der Waals surface area (Å²) in [7, 11) is 3.23. The Bertz CT molecular complexity index is 286. The topological polar surface area (TPSA) is 38.8 Å². The molecule has 0 bridgehead atoms. The van der Waals surface area contributed by atoms with Crippen molar-refractivity contribution in [3.63, 3.8) is 0 Å². The molecule has 3 rings (SSSR count). The van der Waals surface area contributed by atoms with Crippen LogP contribution in [-0.2, 0) is 14.4 Å². The minimum atomic E-state index is 0.155. The molecule has 1 aliphatic heterocycles. The van der Waals surface area contributed by atoms with Crippen molar-refractivity contribution < 1.29 is 14.4 Å². The summed E-state index contributed by atoms with van der Waals surface area (Å²) in [5.41, 5.74) is 0.456. The van der Waals surface area contributed by atoms with Crippen molar-refractivity contribution in [2.75, 3.05) is 27.4 Å². The number of fused-ring (bicyclic) bond motifs is 1.